The molecule has 0 aliphatic heterocycles. The number of unbranched alkanes of at least 4 members (excludes halogenated alkanes) is 3. The Morgan fingerprint density at radius 1 is 1.15 bits per heavy atom. The quantitative estimate of drug-likeness (QED) is 0.422. The molecule has 0 aromatic heterocycles. The largest absolute Gasteiger partial charge is 0.215 e. The van der Waals surface area contributed by atoms with Crippen LogP contribution < -0.4 is 4.72 Å². The summed E-state index contributed by atoms with van der Waals surface area (Å²) in [5.74, 6) is 0.181. The van der Waals surface area contributed by atoms with Crippen LogP contribution >= 0.6 is 22.6 Å². The molecule has 0 rings (SSSR count). The number of sulfonamides is 1. The van der Waals surface area contributed by atoms with Crippen molar-refractivity contribution in [2.75, 3.05) is 16.7 Å². The van der Waals surface area contributed by atoms with Gasteiger partial charge in [0.05, 0.1) is 5.75 Å². The number of rotatable bonds is 8. The van der Waals surface area contributed by atoms with E-state index in [1.165, 1.54) is 17.3 Å². The summed E-state index contributed by atoms with van der Waals surface area (Å²) < 4.78 is 25.7. The highest BCUT2D eigenvalue weighted by Gasteiger charge is 2.03. The minimum atomic E-state index is -2.96. The number of hydrogen-bond acceptors (Lipinski definition) is 2. The zero-order valence-electron chi connectivity index (χ0n) is 8.05. The van der Waals surface area contributed by atoms with Gasteiger partial charge in [-0.05, 0) is 24.2 Å². The van der Waals surface area contributed by atoms with Gasteiger partial charge in [0.15, 0.2) is 0 Å². The Kier molecular flexibility index (Phi) is 8.38. The van der Waals surface area contributed by atoms with Gasteiger partial charge in [-0.15, -0.1) is 0 Å². The van der Waals surface area contributed by atoms with E-state index < -0.39 is 10.0 Å². The number of alkyl halides is 1. The smallest absolute Gasteiger partial charge is 0.211 e. The molecule has 0 saturated heterocycles. The van der Waals surface area contributed by atoms with E-state index >= 15 is 0 Å². The average molecular weight is 319 g/mol. The molecule has 0 bridgehead atoms. The van der Waals surface area contributed by atoms with Gasteiger partial charge in [0.2, 0.25) is 10.0 Å². The Hall–Kier alpha value is 0.640. The molecule has 0 aromatic rings. The topological polar surface area (TPSA) is 46.2 Å². The minimum Gasteiger partial charge on any atom is -0.215 e. The summed E-state index contributed by atoms with van der Waals surface area (Å²) in [5, 5.41) is 0. The van der Waals surface area contributed by atoms with E-state index in [1.54, 1.807) is 6.92 Å². The molecule has 0 aliphatic rings. The summed E-state index contributed by atoms with van der Waals surface area (Å²) in [6.45, 7) is 2.25. The maximum Gasteiger partial charge on any atom is 0.211 e. The Morgan fingerprint density at radius 3 is 2.31 bits per heavy atom. The van der Waals surface area contributed by atoms with Crippen LogP contribution in [-0.4, -0.2) is 25.1 Å². The summed E-state index contributed by atoms with van der Waals surface area (Å²) in [7, 11) is -2.96. The molecule has 0 amide bonds. The lowest BCUT2D eigenvalue weighted by molar-refractivity contribution is 0.575. The van der Waals surface area contributed by atoms with Crippen molar-refractivity contribution in [3.8, 4) is 0 Å². The van der Waals surface area contributed by atoms with Gasteiger partial charge in [-0.2, -0.15) is 0 Å². The Morgan fingerprint density at radius 2 is 1.77 bits per heavy atom. The van der Waals surface area contributed by atoms with Crippen LogP contribution in [0.15, 0.2) is 0 Å². The highest BCUT2D eigenvalue weighted by Crippen LogP contribution is 2.01. The molecule has 0 heterocycles. The van der Waals surface area contributed by atoms with Crippen molar-refractivity contribution in [2.45, 2.75) is 32.6 Å². The molecule has 0 atom stereocenters. The molecule has 0 unspecified atom stereocenters. The molecular weight excluding hydrogens is 301 g/mol. The maximum absolute atomic E-state index is 11.0. The van der Waals surface area contributed by atoms with Gasteiger partial charge < -0.3 is 0 Å². The molecule has 0 radical (unpaired) electrons. The summed E-state index contributed by atoms with van der Waals surface area (Å²) in [5.41, 5.74) is 0. The van der Waals surface area contributed by atoms with Crippen molar-refractivity contribution in [3.05, 3.63) is 0 Å². The lowest BCUT2D eigenvalue weighted by atomic mass is 10.2. The lowest BCUT2D eigenvalue weighted by Gasteiger charge is -2.03. The predicted octanol–water partition coefficient (Wildman–Crippen LogP) is 1.92. The molecule has 80 valence electrons. The highest BCUT2D eigenvalue weighted by molar-refractivity contribution is 14.1. The zero-order chi connectivity index (χ0) is 10.2. The molecule has 1 N–H and O–H groups in total. The van der Waals surface area contributed by atoms with E-state index in [2.05, 4.69) is 27.3 Å². The van der Waals surface area contributed by atoms with Crippen molar-refractivity contribution >= 4 is 32.6 Å². The number of hydrogen-bond donors (Lipinski definition) is 1. The van der Waals surface area contributed by atoms with Crippen LogP contribution in [0.25, 0.3) is 0 Å². The van der Waals surface area contributed by atoms with E-state index in [4.69, 9.17) is 0 Å². The van der Waals surface area contributed by atoms with Crippen LogP contribution in [0.5, 0.6) is 0 Å². The van der Waals surface area contributed by atoms with Gasteiger partial charge >= 0.3 is 0 Å². The van der Waals surface area contributed by atoms with E-state index in [0.717, 1.165) is 12.8 Å². The first-order chi connectivity index (χ1) is 6.12. The average Bonchev–Trinajstić information content (AvgIpc) is 2.11. The molecule has 3 nitrogen and oxygen atoms in total. The van der Waals surface area contributed by atoms with Gasteiger partial charge in [-0.25, -0.2) is 13.1 Å². The number of nitrogens with one attached hydrogen (secondary N) is 1. The maximum atomic E-state index is 11.0. The third-order valence-electron chi connectivity index (χ3n) is 1.76. The molecular formula is C8H18INO2S. The van der Waals surface area contributed by atoms with Gasteiger partial charge in [0, 0.05) is 6.54 Å². The number of halogens is 1. The van der Waals surface area contributed by atoms with Crippen LogP contribution in [0.4, 0.5) is 0 Å². The first-order valence-corrected chi connectivity index (χ1v) is 7.83. The van der Waals surface area contributed by atoms with E-state index in [0.29, 0.717) is 6.54 Å². The van der Waals surface area contributed by atoms with Crippen molar-refractivity contribution in [2.24, 2.45) is 0 Å². The molecule has 0 fully saturated rings. The van der Waals surface area contributed by atoms with Crippen molar-refractivity contribution < 1.29 is 8.42 Å². The first-order valence-electron chi connectivity index (χ1n) is 4.65. The van der Waals surface area contributed by atoms with Gasteiger partial charge in [0.1, 0.15) is 0 Å². The molecule has 0 spiro atoms. The summed E-state index contributed by atoms with van der Waals surface area (Å²) in [6, 6.07) is 0. The van der Waals surface area contributed by atoms with E-state index in [9.17, 15) is 8.42 Å². The van der Waals surface area contributed by atoms with E-state index in [1.807, 2.05) is 0 Å². The van der Waals surface area contributed by atoms with Crippen LogP contribution in [0.3, 0.4) is 0 Å². The van der Waals surface area contributed by atoms with Gasteiger partial charge in [-0.1, -0.05) is 35.4 Å². The van der Waals surface area contributed by atoms with Gasteiger partial charge in [-0.3, -0.25) is 0 Å². The monoisotopic (exact) mass is 319 g/mol. The highest BCUT2D eigenvalue weighted by atomic mass is 127. The summed E-state index contributed by atoms with van der Waals surface area (Å²) in [6.07, 6.45) is 4.52. The van der Waals surface area contributed by atoms with Crippen LogP contribution in [0.1, 0.15) is 32.6 Å². The van der Waals surface area contributed by atoms with Crippen molar-refractivity contribution in [3.63, 3.8) is 0 Å². The molecule has 0 saturated carbocycles. The summed E-state index contributed by atoms with van der Waals surface area (Å²) in [4.78, 5) is 0. The minimum absolute atomic E-state index is 0.181. The third-order valence-corrected chi connectivity index (χ3v) is 3.93. The van der Waals surface area contributed by atoms with E-state index in [-0.39, 0.29) is 5.75 Å². The van der Waals surface area contributed by atoms with Crippen molar-refractivity contribution in [1.29, 1.82) is 0 Å². The molecule has 0 aliphatic carbocycles. The van der Waals surface area contributed by atoms with Crippen molar-refractivity contribution in [1.82, 2.24) is 4.72 Å². The van der Waals surface area contributed by atoms with Crippen LogP contribution in [0, 0.1) is 0 Å². The molecule has 13 heavy (non-hydrogen) atoms. The Labute approximate surface area is 94.9 Å². The lowest BCUT2D eigenvalue weighted by Crippen LogP contribution is -2.26. The predicted molar refractivity (Wildman–Crippen MR) is 64.8 cm³/mol. The Bertz CT molecular complexity index is 204. The second kappa shape index (κ2) is 7.99. The second-order valence-corrected chi connectivity index (χ2v) is 6.08. The van der Waals surface area contributed by atoms with Gasteiger partial charge in [0.25, 0.3) is 0 Å². The summed E-state index contributed by atoms with van der Waals surface area (Å²) >= 11 is 2.36. The zero-order valence-corrected chi connectivity index (χ0v) is 11.0. The molecule has 5 heteroatoms. The second-order valence-electron chi connectivity index (χ2n) is 2.90. The fourth-order valence-electron chi connectivity index (χ4n) is 0.903. The molecule has 0 aromatic carbocycles. The Balaban J connectivity index is 3.26. The normalized spacial score (nSPS) is 11.8. The SMILES string of the molecule is CCS(=O)(=O)NCCCCCCI. The first kappa shape index (κ1) is 13.6. The third kappa shape index (κ3) is 8.96. The fourth-order valence-corrected chi connectivity index (χ4v) is 2.10. The van der Waals surface area contributed by atoms with Crippen LogP contribution in [-0.2, 0) is 10.0 Å². The fraction of sp³-hybridized carbons (Fsp3) is 1.00. The van der Waals surface area contributed by atoms with Crippen LogP contribution in [0.2, 0.25) is 0 Å². The standard InChI is InChI=1S/C8H18INO2S/c1-2-13(11,12)10-8-6-4-3-5-7-9/h10H,2-8H2,1H3.